The lowest BCUT2D eigenvalue weighted by atomic mass is 10.2. The van der Waals surface area contributed by atoms with Gasteiger partial charge < -0.3 is 0 Å². The molecule has 3 aromatic heterocycles. The third-order valence-corrected chi connectivity index (χ3v) is 3.14. The number of hydrogen-bond donors (Lipinski definition) is 0. The highest BCUT2D eigenvalue weighted by Crippen LogP contribution is 2.20. The summed E-state index contributed by atoms with van der Waals surface area (Å²) in [7, 11) is 0. The summed E-state index contributed by atoms with van der Waals surface area (Å²) in [6.07, 6.45) is 5.34. The number of rotatable bonds is 1. The third kappa shape index (κ3) is 1.84. The molecule has 0 N–H and O–H groups in total. The molecule has 0 aliphatic rings. The lowest BCUT2D eigenvalue weighted by molar-refractivity contribution is 0.961. The lowest BCUT2D eigenvalue weighted by Crippen LogP contribution is -1.89. The van der Waals surface area contributed by atoms with Crippen molar-refractivity contribution in [2.75, 3.05) is 0 Å². The summed E-state index contributed by atoms with van der Waals surface area (Å²) in [6, 6.07) is 3.93. The Morgan fingerprint density at radius 3 is 2.78 bits per heavy atom. The van der Waals surface area contributed by atoms with Gasteiger partial charge in [-0.05, 0) is 37.1 Å². The Hall–Kier alpha value is -1.94. The van der Waals surface area contributed by atoms with Crippen LogP contribution in [-0.4, -0.2) is 19.6 Å². The van der Waals surface area contributed by atoms with Crippen LogP contribution in [0.1, 0.15) is 11.1 Å². The van der Waals surface area contributed by atoms with Gasteiger partial charge in [-0.2, -0.15) is 0 Å². The Kier molecular flexibility index (Phi) is 2.52. The van der Waals surface area contributed by atoms with Crippen molar-refractivity contribution in [1.82, 2.24) is 19.6 Å². The van der Waals surface area contributed by atoms with Gasteiger partial charge in [-0.15, -0.1) is 5.10 Å². The molecule has 3 rings (SSSR count). The van der Waals surface area contributed by atoms with E-state index in [1.54, 1.807) is 23.1 Å². The van der Waals surface area contributed by atoms with Crippen molar-refractivity contribution in [3.8, 4) is 11.4 Å². The Morgan fingerprint density at radius 1 is 1.17 bits per heavy atom. The Bertz CT molecular complexity index is 694. The van der Waals surface area contributed by atoms with Crippen LogP contribution in [0.5, 0.6) is 0 Å². The fourth-order valence-electron chi connectivity index (χ4n) is 1.80. The summed E-state index contributed by atoms with van der Waals surface area (Å²) in [6.45, 7) is 3.94. The van der Waals surface area contributed by atoms with E-state index in [2.05, 4.69) is 15.1 Å². The second-order valence-electron chi connectivity index (χ2n) is 4.29. The predicted octanol–water partition coefficient (Wildman–Crippen LogP) is 3.06. The molecule has 0 atom stereocenters. The van der Waals surface area contributed by atoms with Gasteiger partial charge in [-0.1, -0.05) is 11.6 Å². The minimum Gasteiger partial charge on any atom is -0.264 e. The van der Waals surface area contributed by atoms with Crippen molar-refractivity contribution in [2.45, 2.75) is 13.8 Å². The van der Waals surface area contributed by atoms with Gasteiger partial charge in [0, 0.05) is 24.2 Å². The fourth-order valence-corrected chi connectivity index (χ4v) is 1.95. The molecule has 18 heavy (non-hydrogen) atoms. The van der Waals surface area contributed by atoms with Crippen molar-refractivity contribution in [3.05, 3.63) is 46.9 Å². The monoisotopic (exact) mass is 258 g/mol. The maximum atomic E-state index is 6.07. The molecule has 0 fully saturated rings. The van der Waals surface area contributed by atoms with Crippen molar-refractivity contribution in [2.24, 2.45) is 0 Å². The smallest absolute Gasteiger partial charge is 0.183 e. The first-order valence-corrected chi connectivity index (χ1v) is 5.96. The topological polar surface area (TPSA) is 43.1 Å². The number of halogens is 1. The van der Waals surface area contributed by atoms with Crippen LogP contribution in [0.3, 0.4) is 0 Å². The largest absolute Gasteiger partial charge is 0.264 e. The zero-order valence-electron chi connectivity index (χ0n) is 10.1. The second-order valence-corrected chi connectivity index (χ2v) is 4.70. The first-order chi connectivity index (χ1) is 8.63. The molecular weight excluding hydrogens is 248 g/mol. The van der Waals surface area contributed by atoms with Gasteiger partial charge in [0.15, 0.2) is 11.5 Å². The molecule has 3 aromatic rings. The molecule has 0 saturated carbocycles. The summed E-state index contributed by atoms with van der Waals surface area (Å²) in [5.74, 6) is 0.660. The summed E-state index contributed by atoms with van der Waals surface area (Å²) < 4.78 is 1.69. The molecule has 5 heteroatoms. The highest BCUT2D eigenvalue weighted by Gasteiger charge is 2.08. The van der Waals surface area contributed by atoms with Gasteiger partial charge >= 0.3 is 0 Å². The number of nitrogens with zero attached hydrogens (tertiary/aromatic N) is 4. The zero-order chi connectivity index (χ0) is 12.7. The molecule has 0 saturated heterocycles. The van der Waals surface area contributed by atoms with E-state index >= 15 is 0 Å². The molecule has 0 aliphatic carbocycles. The van der Waals surface area contributed by atoms with Crippen LogP contribution < -0.4 is 0 Å². The number of aromatic nitrogens is 4. The van der Waals surface area contributed by atoms with Crippen molar-refractivity contribution in [3.63, 3.8) is 0 Å². The summed E-state index contributed by atoms with van der Waals surface area (Å²) >= 11 is 6.07. The molecule has 0 amide bonds. The average molecular weight is 259 g/mol. The van der Waals surface area contributed by atoms with Crippen LogP contribution in [0.2, 0.25) is 5.02 Å². The van der Waals surface area contributed by atoms with Gasteiger partial charge in [-0.25, -0.2) is 9.50 Å². The summed E-state index contributed by atoms with van der Waals surface area (Å²) in [4.78, 5) is 8.63. The molecule has 90 valence electrons. The summed E-state index contributed by atoms with van der Waals surface area (Å²) in [5, 5.41) is 5.09. The van der Waals surface area contributed by atoms with E-state index in [-0.39, 0.29) is 0 Å². The molecule has 0 unspecified atom stereocenters. The zero-order valence-corrected chi connectivity index (χ0v) is 10.8. The van der Waals surface area contributed by atoms with Crippen molar-refractivity contribution < 1.29 is 0 Å². The average Bonchev–Trinajstić information content (AvgIpc) is 2.73. The highest BCUT2D eigenvalue weighted by molar-refractivity contribution is 6.31. The van der Waals surface area contributed by atoms with Crippen LogP contribution >= 0.6 is 11.6 Å². The number of fused-ring (bicyclic) bond motifs is 1. The fraction of sp³-hybridized carbons (Fsp3) is 0.154. The van der Waals surface area contributed by atoms with Crippen LogP contribution in [0.25, 0.3) is 17.0 Å². The SMILES string of the molecule is Cc1cncc(-c2nc3cc(C)c(Cl)cn3n2)c1. The maximum absolute atomic E-state index is 6.07. The minimum atomic E-state index is 0.660. The molecule has 0 radical (unpaired) electrons. The highest BCUT2D eigenvalue weighted by atomic mass is 35.5. The van der Waals surface area contributed by atoms with E-state index in [0.29, 0.717) is 10.8 Å². The lowest BCUT2D eigenvalue weighted by Gasteiger charge is -1.96. The van der Waals surface area contributed by atoms with Crippen molar-refractivity contribution >= 4 is 17.2 Å². The number of hydrogen-bond acceptors (Lipinski definition) is 3. The van der Waals surface area contributed by atoms with Gasteiger partial charge in [0.1, 0.15) is 0 Å². The molecule has 4 nitrogen and oxygen atoms in total. The van der Waals surface area contributed by atoms with E-state index in [0.717, 1.165) is 22.3 Å². The molecule has 0 aliphatic heterocycles. The van der Waals surface area contributed by atoms with Gasteiger partial charge in [0.05, 0.1) is 5.02 Å². The Morgan fingerprint density at radius 2 is 2.00 bits per heavy atom. The Labute approximate surface area is 109 Å². The van der Waals surface area contributed by atoms with Gasteiger partial charge in [-0.3, -0.25) is 4.98 Å². The van der Waals surface area contributed by atoms with Gasteiger partial charge in [0.25, 0.3) is 0 Å². The van der Waals surface area contributed by atoms with E-state index in [1.807, 2.05) is 26.0 Å². The number of aryl methyl sites for hydroxylation is 2. The maximum Gasteiger partial charge on any atom is 0.183 e. The molecule has 3 heterocycles. The van der Waals surface area contributed by atoms with Crippen LogP contribution in [-0.2, 0) is 0 Å². The standard InChI is InChI=1S/C13H11ClN4/c1-8-3-10(6-15-5-8)13-16-12-4-9(2)11(14)7-18(12)17-13/h3-7H,1-2H3. The van der Waals surface area contributed by atoms with E-state index in [1.165, 1.54) is 0 Å². The Balaban J connectivity index is 2.19. The second kappa shape index (κ2) is 4.07. The predicted molar refractivity (Wildman–Crippen MR) is 70.7 cm³/mol. The van der Waals surface area contributed by atoms with E-state index in [9.17, 15) is 0 Å². The van der Waals surface area contributed by atoms with E-state index in [4.69, 9.17) is 11.6 Å². The van der Waals surface area contributed by atoms with Crippen LogP contribution in [0.4, 0.5) is 0 Å². The summed E-state index contributed by atoms with van der Waals surface area (Å²) in [5.41, 5.74) is 3.77. The minimum absolute atomic E-state index is 0.660. The van der Waals surface area contributed by atoms with Crippen molar-refractivity contribution in [1.29, 1.82) is 0 Å². The first-order valence-electron chi connectivity index (χ1n) is 5.58. The van der Waals surface area contributed by atoms with E-state index < -0.39 is 0 Å². The quantitative estimate of drug-likeness (QED) is 0.674. The molecule has 0 aromatic carbocycles. The first kappa shape index (κ1) is 11.2. The molecular formula is C13H11ClN4. The van der Waals surface area contributed by atoms with Gasteiger partial charge in [0.2, 0.25) is 0 Å². The normalized spacial score (nSPS) is 11.1. The third-order valence-electron chi connectivity index (χ3n) is 2.75. The molecule has 0 bridgehead atoms. The molecule has 0 spiro atoms. The van der Waals surface area contributed by atoms with Crippen LogP contribution in [0.15, 0.2) is 30.7 Å². The van der Waals surface area contributed by atoms with Crippen LogP contribution in [0, 0.1) is 13.8 Å². The number of pyridine rings is 2.